The van der Waals surface area contributed by atoms with Crippen LogP contribution in [0, 0.1) is 11.3 Å². The molecule has 0 aliphatic carbocycles. The van der Waals surface area contributed by atoms with Crippen molar-refractivity contribution in [2.75, 3.05) is 5.32 Å². The van der Waals surface area contributed by atoms with Gasteiger partial charge in [0.05, 0.1) is 11.6 Å². The highest BCUT2D eigenvalue weighted by Crippen LogP contribution is 2.16. The monoisotopic (exact) mass is 288 g/mol. The van der Waals surface area contributed by atoms with Crippen LogP contribution in [-0.4, -0.2) is 15.9 Å². The van der Waals surface area contributed by atoms with Gasteiger partial charge in [-0.15, -0.1) is 0 Å². The summed E-state index contributed by atoms with van der Waals surface area (Å²) in [6, 6.07) is 16.0. The molecule has 1 amide bonds. The Morgan fingerprint density at radius 3 is 2.68 bits per heavy atom. The molecule has 0 atom stereocenters. The summed E-state index contributed by atoms with van der Waals surface area (Å²) in [7, 11) is 0. The van der Waals surface area contributed by atoms with Gasteiger partial charge in [-0.1, -0.05) is 18.2 Å². The molecule has 0 aliphatic rings. The number of nitriles is 1. The lowest BCUT2D eigenvalue weighted by Gasteiger charge is -2.06. The van der Waals surface area contributed by atoms with E-state index in [0.29, 0.717) is 16.8 Å². The Kier molecular flexibility index (Phi) is 3.67. The summed E-state index contributed by atoms with van der Waals surface area (Å²) in [6.45, 7) is 0. The van der Waals surface area contributed by atoms with Crippen molar-refractivity contribution in [1.82, 2.24) is 9.97 Å². The SMILES string of the molecule is N#Cc1cccc(NC(=O)c2ccc(-c3ncc[nH]3)cc2)c1. The normalized spacial score (nSPS) is 9.95. The summed E-state index contributed by atoms with van der Waals surface area (Å²) < 4.78 is 0. The van der Waals surface area contributed by atoms with E-state index in [1.807, 2.05) is 18.2 Å². The van der Waals surface area contributed by atoms with Crippen LogP contribution in [0.25, 0.3) is 11.4 Å². The number of H-pyrrole nitrogens is 1. The number of anilines is 1. The van der Waals surface area contributed by atoms with Crippen molar-refractivity contribution in [2.24, 2.45) is 0 Å². The Balaban J connectivity index is 1.76. The van der Waals surface area contributed by atoms with Crippen LogP contribution in [-0.2, 0) is 0 Å². The van der Waals surface area contributed by atoms with E-state index in [4.69, 9.17) is 5.26 Å². The van der Waals surface area contributed by atoms with Gasteiger partial charge >= 0.3 is 0 Å². The largest absolute Gasteiger partial charge is 0.345 e. The van der Waals surface area contributed by atoms with Crippen LogP contribution < -0.4 is 5.32 Å². The van der Waals surface area contributed by atoms with Crippen LogP contribution in [0.15, 0.2) is 60.9 Å². The molecule has 0 aliphatic heterocycles. The average Bonchev–Trinajstić information content (AvgIpc) is 3.09. The predicted octanol–water partition coefficient (Wildman–Crippen LogP) is 3.20. The molecular weight excluding hydrogens is 276 g/mol. The maximum atomic E-state index is 12.2. The molecular formula is C17H12N4O. The van der Waals surface area contributed by atoms with Crippen LogP contribution in [0.5, 0.6) is 0 Å². The molecule has 2 N–H and O–H groups in total. The Hall–Kier alpha value is -3.39. The Morgan fingerprint density at radius 2 is 2.00 bits per heavy atom. The maximum Gasteiger partial charge on any atom is 0.255 e. The van der Waals surface area contributed by atoms with Gasteiger partial charge in [-0.3, -0.25) is 4.79 Å². The first-order chi connectivity index (χ1) is 10.8. The van der Waals surface area contributed by atoms with Crippen molar-refractivity contribution in [2.45, 2.75) is 0 Å². The number of nitrogens with zero attached hydrogens (tertiary/aromatic N) is 2. The number of nitrogens with one attached hydrogen (secondary N) is 2. The third-order valence-electron chi connectivity index (χ3n) is 3.17. The minimum atomic E-state index is -0.221. The Bertz CT molecular complexity index is 830. The predicted molar refractivity (Wildman–Crippen MR) is 83.1 cm³/mol. The van der Waals surface area contributed by atoms with E-state index < -0.39 is 0 Å². The van der Waals surface area contributed by atoms with Gasteiger partial charge in [-0.25, -0.2) is 4.98 Å². The summed E-state index contributed by atoms with van der Waals surface area (Å²) >= 11 is 0. The van der Waals surface area contributed by atoms with Crippen LogP contribution in [0.3, 0.4) is 0 Å². The van der Waals surface area contributed by atoms with Crippen LogP contribution >= 0.6 is 0 Å². The lowest BCUT2D eigenvalue weighted by molar-refractivity contribution is 0.102. The number of carbonyl (C=O) groups excluding carboxylic acids is 1. The van der Waals surface area contributed by atoms with Gasteiger partial charge in [0.15, 0.2) is 0 Å². The van der Waals surface area contributed by atoms with Crippen LogP contribution in [0.2, 0.25) is 0 Å². The maximum absolute atomic E-state index is 12.2. The van der Waals surface area contributed by atoms with E-state index in [2.05, 4.69) is 15.3 Å². The summed E-state index contributed by atoms with van der Waals surface area (Å²) in [5, 5.41) is 11.6. The number of hydrogen-bond donors (Lipinski definition) is 2. The minimum absolute atomic E-state index is 0.221. The molecule has 0 saturated heterocycles. The highest BCUT2D eigenvalue weighted by atomic mass is 16.1. The van der Waals surface area contributed by atoms with Crippen molar-refractivity contribution in [1.29, 1.82) is 5.26 Å². The van der Waals surface area contributed by atoms with E-state index in [1.54, 1.807) is 48.8 Å². The fourth-order valence-corrected chi connectivity index (χ4v) is 2.07. The van der Waals surface area contributed by atoms with Crippen molar-refractivity contribution in [3.05, 3.63) is 72.1 Å². The highest BCUT2D eigenvalue weighted by molar-refractivity contribution is 6.04. The lowest BCUT2D eigenvalue weighted by Crippen LogP contribution is -2.11. The summed E-state index contributed by atoms with van der Waals surface area (Å²) in [5.74, 6) is 0.537. The third kappa shape index (κ3) is 2.86. The number of benzene rings is 2. The van der Waals surface area contributed by atoms with E-state index in [1.165, 1.54) is 0 Å². The molecule has 5 nitrogen and oxygen atoms in total. The average molecular weight is 288 g/mol. The van der Waals surface area contributed by atoms with Gasteiger partial charge < -0.3 is 10.3 Å². The first kappa shape index (κ1) is 13.6. The Morgan fingerprint density at radius 1 is 1.18 bits per heavy atom. The Labute approximate surface area is 127 Å². The fourth-order valence-electron chi connectivity index (χ4n) is 2.07. The molecule has 3 rings (SSSR count). The highest BCUT2D eigenvalue weighted by Gasteiger charge is 2.07. The van der Waals surface area contributed by atoms with Gasteiger partial charge in [0.2, 0.25) is 0 Å². The van der Waals surface area contributed by atoms with Gasteiger partial charge in [-0.05, 0) is 30.3 Å². The number of imidazole rings is 1. The van der Waals surface area contributed by atoms with Crippen molar-refractivity contribution in [3.8, 4) is 17.5 Å². The molecule has 2 aromatic carbocycles. The topological polar surface area (TPSA) is 81.6 Å². The first-order valence-corrected chi connectivity index (χ1v) is 6.67. The number of amides is 1. The molecule has 22 heavy (non-hydrogen) atoms. The zero-order valence-corrected chi connectivity index (χ0v) is 11.6. The number of aromatic nitrogens is 2. The lowest BCUT2D eigenvalue weighted by atomic mass is 10.1. The quantitative estimate of drug-likeness (QED) is 0.776. The molecule has 0 bridgehead atoms. The van der Waals surface area contributed by atoms with Gasteiger partial charge in [0, 0.05) is 29.2 Å². The molecule has 0 fully saturated rings. The number of hydrogen-bond acceptors (Lipinski definition) is 3. The summed E-state index contributed by atoms with van der Waals surface area (Å²) in [4.78, 5) is 19.4. The molecule has 0 radical (unpaired) electrons. The number of carbonyl (C=O) groups is 1. The van der Waals surface area contributed by atoms with Gasteiger partial charge in [0.1, 0.15) is 5.82 Å². The van der Waals surface area contributed by atoms with Crippen LogP contribution in [0.4, 0.5) is 5.69 Å². The molecule has 0 saturated carbocycles. The fraction of sp³-hybridized carbons (Fsp3) is 0. The molecule has 3 aromatic rings. The third-order valence-corrected chi connectivity index (χ3v) is 3.17. The summed E-state index contributed by atoms with van der Waals surface area (Å²) in [6.07, 6.45) is 3.43. The second kappa shape index (κ2) is 5.94. The summed E-state index contributed by atoms with van der Waals surface area (Å²) in [5.41, 5.74) is 2.55. The number of rotatable bonds is 3. The molecule has 1 heterocycles. The van der Waals surface area contributed by atoms with E-state index in [9.17, 15) is 4.79 Å². The van der Waals surface area contributed by atoms with Gasteiger partial charge in [-0.2, -0.15) is 5.26 Å². The number of aromatic amines is 1. The van der Waals surface area contributed by atoms with E-state index >= 15 is 0 Å². The van der Waals surface area contributed by atoms with E-state index in [0.717, 1.165) is 11.4 Å². The van der Waals surface area contributed by atoms with Crippen LogP contribution in [0.1, 0.15) is 15.9 Å². The van der Waals surface area contributed by atoms with E-state index in [-0.39, 0.29) is 5.91 Å². The molecule has 5 heteroatoms. The zero-order valence-electron chi connectivity index (χ0n) is 11.6. The first-order valence-electron chi connectivity index (χ1n) is 6.67. The smallest absolute Gasteiger partial charge is 0.255 e. The van der Waals surface area contributed by atoms with Crippen molar-refractivity contribution in [3.63, 3.8) is 0 Å². The van der Waals surface area contributed by atoms with Gasteiger partial charge in [0.25, 0.3) is 5.91 Å². The van der Waals surface area contributed by atoms with Crippen molar-refractivity contribution < 1.29 is 4.79 Å². The van der Waals surface area contributed by atoms with Crippen molar-refractivity contribution >= 4 is 11.6 Å². The standard InChI is InChI=1S/C17H12N4O/c18-11-12-2-1-3-15(10-12)21-17(22)14-6-4-13(5-7-14)16-19-8-9-20-16/h1-10H,(H,19,20)(H,21,22). The molecule has 1 aromatic heterocycles. The second-order valence-corrected chi connectivity index (χ2v) is 4.66. The zero-order chi connectivity index (χ0) is 15.4. The molecule has 0 spiro atoms. The minimum Gasteiger partial charge on any atom is -0.345 e. The molecule has 0 unspecified atom stereocenters. The molecule has 106 valence electrons. The second-order valence-electron chi connectivity index (χ2n) is 4.66.